The average Bonchev–Trinajstić information content (AvgIpc) is 3.02. The van der Waals surface area contributed by atoms with E-state index in [9.17, 15) is 19.7 Å². The fourth-order valence-electron chi connectivity index (χ4n) is 5.38. The summed E-state index contributed by atoms with van der Waals surface area (Å²) in [5.41, 5.74) is 3.35. The van der Waals surface area contributed by atoms with Crippen molar-refractivity contribution in [3.8, 4) is 11.5 Å². The number of Topliss-reactive ketones (excluding diaryl/α,β-unsaturated/α-hetero) is 1. The molecule has 9 heteroatoms. The zero-order valence-corrected chi connectivity index (χ0v) is 22.0. The van der Waals surface area contributed by atoms with Crippen molar-refractivity contribution in [2.75, 3.05) is 23.9 Å². The second-order valence-electron chi connectivity index (χ2n) is 10.5. The highest BCUT2D eigenvalue weighted by molar-refractivity contribution is 6.02. The Morgan fingerprint density at radius 3 is 2.46 bits per heavy atom. The largest absolute Gasteiger partial charge is 0.496 e. The third kappa shape index (κ3) is 5.20. The molecule has 1 aliphatic carbocycles. The van der Waals surface area contributed by atoms with E-state index in [-0.39, 0.29) is 29.2 Å². The van der Waals surface area contributed by atoms with Crippen LogP contribution < -0.4 is 19.7 Å². The molecular weight excluding hydrogens is 498 g/mol. The van der Waals surface area contributed by atoms with Gasteiger partial charge in [-0.15, -0.1) is 0 Å². The van der Waals surface area contributed by atoms with Gasteiger partial charge >= 0.3 is 5.97 Å². The summed E-state index contributed by atoms with van der Waals surface area (Å²) in [6.45, 7) is 3.96. The van der Waals surface area contributed by atoms with Gasteiger partial charge in [-0.2, -0.15) is 0 Å². The molecule has 0 saturated carbocycles. The van der Waals surface area contributed by atoms with E-state index in [0.717, 1.165) is 22.6 Å². The number of para-hydroxylation sites is 3. The molecule has 2 aliphatic rings. The van der Waals surface area contributed by atoms with Crippen molar-refractivity contribution in [2.24, 2.45) is 5.41 Å². The van der Waals surface area contributed by atoms with Crippen LogP contribution in [0.15, 0.2) is 84.1 Å². The van der Waals surface area contributed by atoms with E-state index < -0.39 is 16.9 Å². The number of hydrogen-bond acceptors (Lipinski definition) is 8. The summed E-state index contributed by atoms with van der Waals surface area (Å²) in [6.07, 6.45) is 1.03. The molecule has 1 heterocycles. The van der Waals surface area contributed by atoms with E-state index in [2.05, 4.69) is 19.2 Å². The van der Waals surface area contributed by atoms with Gasteiger partial charge in [0.2, 0.25) is 0 Å². The molecule has 200 valence electrons. The monoisotopic (exact) mass is 527 g/mol. The summed E-state index contributed by atoms with van der Waals surface area (Å²) < 4.78 is 11.3. The van der Waals surface area contributed by atoms with Gasteiger partial charge in [0.15, 0.2) is 5.78 Å². The minimum atomic E-state index is -0.625. The average molecular weight is 528 g/mol. The van der Waals surface area contributed by atoms with Crippen molar-refractivity contribution in [3.63, 3.8) is 0 Å². The molecule has 0 bridgehead atoms. The molecule has 1 atom stereocenters. The van der Waals surface area contributed by atoms with Gasteiger partial charge in [0.25, 0.3) is 5.69 Å². The van der Waals surface area contributed by atoms with Gasteiger partial charge in [-0.25, -0.2) is 4.79 Å². The number of rotatable bonds is 6. The van der Waals surface area contributed by atoms with Crippen molar-refractivity contribution < 1.29 is 24.0 Å². The number of nitrogens with one attached hydrogen (secondary N) is 1. The molecule has 1 N–H and O–H groups in total. The van der Waals surface area contributed by atoms with Crippen LogP contribution in [0.25, 0.3) is 0 Å². The van der Waals surface area contributed by atoms with Crippen molar-refractivity contribution >= 4 is 28.8 Å². The van der Waals surface area contributed by atoms with Crippen LogP contribution in [0.2, 0.25) is 0 Å². The number of methoxy groups -OCH3 is 1. The molecule has 5 rings (SSSR count). The molecule has 3 aromatic rings. The fourth-order valence-corrected chi connectivity index (χ4v) is 5.38. The predicted octanol–water partition coefficient (Wildman–Crippen LogP) is 5.83. The summed E-state index contributed by atoms with van der Waals surface area (Å²) >= 11 is 0. The number of non-ortho nitro benzene ring substituents is 1. The van der Waals surface area contributed by atoms with Crippen LogP contribution in [0.5, 0.6) is 11.5 Å². The number of allylic oxidation sites excluding steroid dienone is 1. The maximum atomic E-state index is 13.8. The first-order valence-electron chi connectivity index (χ1n) is 12.6. The first-order valence-corrected chi connectivity index (χ1v) is 12.6. The van der Waals surface area contributed by atoms with Crippen LogP contribution >= 0.6 is 0 Å². The van der Waals surface area contributed by atoms with Gasteiger partial charge in [-0.3, -0.25) is 14.9 Å². The van der Waals surface area contributed by atoms with Crippen molar-refractivity contribution in [2.45, 2.75) is 32.7 Å². The molecule has 0 aromatic heterocycles. The Hall–Kier alpha value is -4.66. The predicted molar refractivity (Wildman–Crippen MR) is 147 cm³/mol. The Balaban J connectivity index is 1.61. The first-order chi connectivity index (χ1) is 18.7. The molecule has 0 spiro atoms. The molecule has 39 heavy (non-hydrogen) atoms. The number of hydrogen-bond donors (Lipinski definition) is 1. The summed E-state index contributed by atoms with van der Waals surface area (Å²) in [7, 11) is 1.58. The van der Waals surface area contributed by atoms with Gasteiger partial charge < -0.3 is 19.7 Å². The van der Waals surface area contributed by atoms with E-state index in [0.29, 0.717) is 24.2 Å². The summed E-state index contributed by atoms with van der Waals surface area (Å²) in [6, 6.07) is 19.8. The van der Waals surface area contributed by atoms with Gasteiger partial charge in [0, 0.05) is 35.4 Å². The Morgan fingerprint density at radius 2 is 1.74 bits per heavy atom. The van der Waals surface area contributed by atoms with E-state index in [1.165, 1.54) is 24.3 Å². The molecular formula is C30H29N3O6. The lowest BCUT2D eigenvalue weighted by Crippen LogP contribution is -2.39. The summed E-state index contributed by atoms with van der Waals surface area (Å²) in [5.74, 6) is 0.216. The number of carbonyl (C=O) groups is 2. The van der Waals surface area contributed by atoms with E-state index >= 15 is 0 Å². The van der Waals surface area contributed by atoms with E-state index in [1.54, 1.807) is 7.11 Å². The summed E-state index contributed by atoms with van der Waals surface area (Å²) in [4.78, 5) is 39.5. The number of anilines is 2. The third-order valence-corrected chi connectivity index (χ3v) is 7.02. The highest BCUT2D eigenvalue weighted by Gasteiger charge is 2.42. The SMILES string of the molecule is COc1ccccc1[C@@H]1C2=C(CC(C)(C)CC2=O)Nc2ccccc2N1CC(=O)Oc1ccc([N+](=O)[O-])cc1. The molecule has 9 nitrogen and oxygen atoms in total. The molecule has 0 amide bonds. The van der Waals surface area contributed by atoms with Gasteiger partial charge in [0.05, 0.1) is 29.4 Å². The van der Waals surface area contributed by atoms with Crippen LogP contribution in [-0.2, 0) is 9.59 Å². The van der Waals surface area contributed by atoms with E-state index in [1.807, 2.05) is 53.4 Å². The number of ether oxygens (including phenoxy) is 2. The van der Waals surface area contributed by atoms with Gasteiger partial charge in [-0.1, -0.05) is 44.2 Å². The second kappa shape index (κ2) is 10.2. The molecule has 1 aliphatic heterocycles. The lowest BCUT2D eigenvalue weighted by atomic mass is 9.73. The van der Waals surface area contributed by atoms with E-state index in [4.69, 9.17) is 9.47 Å². The Labute approximate surface area is 226 Å². The minimum Gasteiger partial charge on any atom is -0.496 e. The van der Waals surface area contributed by atoms with Crippen LogP contribution in [0.1, 0.15) is 38.3 Å². The second-order valence-corrected chi connectivity index (χ2v) is 10.5. The summed E-state index contributed by atoms with van der Waals surface area (Å²) in [5, 5.41) is 14.5. The quantitative estimate of drug-likeness (QED) is 0.185. The Bertz CT molecular complexity index is 1480. The number of fused-ring (bicyclic) bond motifs is 1. The zero-order chi connectivity index (χ0) is 27.7. The van der Waals surface area contributed by atoms with Crippen LogP contribution in [0.4, 0.5) is 17.1 Å². The maximum Gasteiger partial charge on any atom is 0.330 e. The highest BCUT2D eigenvalue weighted by atomic mass is 16.6. The number of benzene rings is 3. The number of nitrogens with zero attached hydrogens (tertiary/aromatic N) is 2. The fraction of sp³-hybridized carbons (Fsp3) is 0.267. The first kappa shape index (κ1) is 26.0. The topological polar surface area (TPSA) is 111 Å². The van der Waals surface area contributed by atoms with Crippen LogP contribution in [-0.4, -0.2) is 30.3 Å². The molecule has 0 saturated heterocycles. The van der Waals surface area contributed by atoms with Gasteiger partial charge in [-0.05, 0) is 42.2 Å². The maximum absolute atomic E-state index is 13.8. The number of esters is 1. The number of nitro benzene ring substituents is 1. The molecule has 3 aromatic carbocycles. The van der Waals surface area contributed by atoms with Crippen LogP contribution in [0, 0.1) is 15.5 Å². The normalized spacial score (nSPS) is 17.9. The highest BCUT2D eigenvalue weighted by Crippen LogP contribution is 2.49. The van der Waals surface area contributed by atoms with Crippen molar-refractivity contribution in [1.29, 1.82) is 0 Å². The van der Waals surface area contributed by atoms with Crippen LogP contribution in [0.3, 0.4) is 0 Å². The zero-order valence-electron chi connectivity index (χ0n) is 22.0. The minimum absolute atomic E-state index is 0.00574. The molecule has 0 unspecified atom stereocenters. The molecule has 0 fully saturated rings. The molecule has 0 radical (unpaired) electrons. The van der Waals surface area contributed by atoms with Crippen molar-refractivity contribution in [1.82, 2.24) is 0 Å². The Morgan fingerprint density at radius 1 is 1.05 bits per heavy atom. The Kier molecular flexibility index (Phi) is 6.82. The number of nitro groups is 1. The number of carbonyl (C=O) groups excluding carboxylic acids is 2. The lowest BCUT2D eigenvalue weighted by molar-refractivity contribution is -0.384. The smallest absolute Gasteiger partial charge is 0.330 e. The third-order valence-electron chi connectivity index (χ3n) is 7.02. The standard InChI is InChI=1S/C30H29N3O6/c1-30(2)16-23-28(25(34)17-30)29(21-8-4-7-11-26(21)38-3)32(24-10-6-5-9-22(24)31-23)18-27(35)39-20-14-12-19(13-15-20)33(36)37/h4-15,29,31H,16-18H2,1-3H3/t29-/m1/s1. The van der Waals surface area contributed by atoms with Crippen molar-refractivity contribution in [3.05, 3.63) is 99.7 Å². The van der Waals surface area contributed by atoms with Gasteiger partial charge in [0.1, 0.15) is 18.0 Å². The lowest BCUT2D eigenvalue weighted by Gasteiger charge is -2.38. The number of ketones is 1.